The van der Waals surface area contributed by atoms with Crippen LogP contribution >= 0.6 is 0 Å². The number of aryl methyl sites for hydroxylation is 1. The molecule has 0 aliphatic heterocycles. The molecule has 0 saturated heterocycles. The molecule has 0 spiro atoms. The van der Waals surface area contributed by atoms with Gasteiger partial charge in [0.05, 0.1) is 112 Å². The molecule has 19 heteroatoms. The van der Waals surface area contributed by atoms with Gasteiger partial charge in [-0.2, -0.15) is 0 Å². The maximum absolute atomic E-state index is 12.9. The van der Waals surface area contributed by atoms with Crippen LogP contribution in [0.5, 0.6) is 0 Å². The predicted molar refractivity (Wildman–Crippen MR) is 190 cm³/mol. The fraction of sp³-hybridized carbons (Fsp3) is 0.706. The van der Waals surface area contributed by atoms with Crippen molar-refractivity contribution in [2.45, 2.75) is 49.5 Å². The van der Waals surface area contributed by atoms with Gasteiger partial charge in [0, 0.05) is 26.3 Å². The van der Waals surface area contributed by atoms with E-state index < -0.39 is 39.5 Å². The van der Waals surface area contributed by atoms with Crippen molar-refractivity contribution in [3.8, 4) is 0 Å². The van der Waals surface area contributed by atoms with Crippen molar-refractivity contribution in [3.05, 3.63) is 29.8 Å². The van der Waals surface area contributed by atoms with Gasteiger partial charge in [-0.15, -0.1) is 0 Å². The number of urea groups is 1. The molecule has 0 radical (unpaired) electrons. The molecule has 0 aliphatic carbocycles. The lowest BCUT2D eigenvalue weighted by Gasteiger charge is -2.34. The van der Waals surface area contributed by atoms with Crippen molar-refractivity contribution in [3.63, 3.8) is 0 Å². The van der Waals surface area contributed by atoms with Gasteiger partial charge in [0.25, 0.3) is 0 Å². The largest absolute Gasteiger partial charge is 0.469 e. The number of carbonyl (C=O) groups is 4. The summed E-state index contributed by atoms with van der Waals surface area (Å²) in [6.07, 6.45) is 0.953. The zero-order valence-electron chi connectivity index (χ0n) is 31.3. The summed E-state index contributed by atoms with van der Waals surface area (Å²) in [5.41, 5.74) is -0.277. The van der Waals surface area contributed by atoms with Crippen molar-refractivity contribution in [1.82, 2.24) is 15.4 Å². The van der Waals surface area contributed by atoms with E-state index >= 15 is 0 Å². The third kappa shape index (κ3) is 23.8. The molecule has 18 nitrogen and oxygen atoms in total. The molecule has 0 fully saturated rings. The summed E-state index contributed by atoms with van der Waals surface area (Å²) >= 11 is 0. The third-order valence-electron chi connectivity index (χ3n) is 7.13. The molecule has 0 atom stereocenters. The summed E-state index contributed by atoms with van der Waals surface area (Å²) in [7, 11) is 0.234. The van der Waals surface area contributed by atoms with E-state index in [2.05, 4.69) is 29.6 Å². The number of nitrogens with one attached hydrogen (secondary N) is 3. The second-order valence-electron chi connectivity index (χ2n) is 11.6. The lowest BCUT2D eigenvalue weighted by molar-refractivity contribution is -0.142. The van der Waals surface area contributed by atoms with Crippen molar-refractivity contribution in [1.29, 1.82) is 0 Å². The monoisotopic (exact) mass is 779 g/mol. The van der Waals surface area contributed by atoms with E-state index in [1.165, 1.54) is 21.3 Å². The Morgan fingerprint density at radius 1 is 0.585 bits per heavy atom. The van der Waals surface area contributed by atoms with Gasteiger partial charge >= 0.3 is 23.9 Å². The fourth-order valence-corrected chi connectivity index (χ4v) is 5.27. The lowest BCUT2D eigenvalue weighted by atomic mass is 10.0. The summed E-state index contributed by atoms with van der Waals surface area (Å²) < 4.78 is 74.6. The Morgan fingerprint density at radius 2 is 1.00 bits per heavy atom. The normalized spacial score (nSPS) is 11.5. The zero-order chi connectivity index (χ0) is 39.2. The standard InChI is InChI=1S/C34H57N3O15S/c1-28-7-9-29(10-8-28)53(42,43)36-15-6-17-48-22-24-49-23-21-47-16-5-14-35-33(41)37-34(25-50-18-11-30(38)44-2,26-51-19-12-31(39)45-3)27-52-20-13-32(40)46-4/h7-10,36H,5-6,11-27H2,1-4H3,(H2,35,37,41). The average Bonchev–Trinajstić information content (AvgIpc) is 3.14. The Balaban J connectivity index is 2.37. The molecule has 0 unspecified atom stereocenters. The smallest absolute Gasteiger partial charge is 0.315 e. The van der Waals surface area contributed by atoms with Crippen molar-refractivity contribution in [2.24, 2.45) is 0 Å². The molecule has 1 aromatic carbocycles. The summed E-state index contributed by atoms with van der Waals surface area (Å²) in [6, 6.07) is 6.08. The lowest BCUT2D eigenvalue weighted by Crippen LogP contribution is -2.61. The van der Waals surface area contributed by atoms with E-state index in [1.54, 1.807) is 24.3 Å². The molecule has 0 bridgehead atoms. The number of esters is 3. The number of ether oxygens (including phenoxy) is 9. The summed E-state index contributed by atoms with van der Waals surface area (Å²) in [6.45, 7) is 4.16. The summed E-state index contributed by atoms with van der Waals surface area (Å²) in [4.78, 5) is 47.8. The highest BCUT2D eigenvalue weighted by Gasteiger charge is 2.34. The van der Waals surface area contributed by atoms with Gasteiger partial charge in [0.2, 0.25) is 10.0 Å². The number of hydrogen-bond acceptors (Lipinski definition) is 15. The molecule has 1 rings (SSSR count). The summed E-state index contributed by atoms with van der Waals surface area (Å²) in [5, 5.41) is 5.57. The molecule has 53 heavy (non-hydrogen) atoms. The van der Waals surface area contributed by atoms with Crippen LogP contribution in [0.4, 0.5) is 4.79 Å². The van der Waals surface area contributed by atoms with Crippen LogP contribution in [0, 0.1) is 6.92 Å². The minimum Gasteiger partial charge on any atom is -0.469 e. The first-order chi connectivity index (χ1) is 25.5. The highest BCUT2D eigenvalue weighted by molar-refractivity contribution is 7.89. The number of rotatable bonds is 32. The Morgan fingerprint density at radius 3 is 1.43 bits per heavy atom. The molecule has 1 aromatic rings. The minimum atomic E-state index is -3.54. The van der Waals surface area contributed by atoms with Crippen LogP contribution in [0.15, 0.2) is 29.2 Å². The number of benzene rings is 1. The number of carbonyl (C=O) groups excluding carboxylic acids is 4. The maximum atomic E-state index is 12.9. The second-order valence-corrected chi connectivity index (χ2v) is 13.3. The Labute approximate surface area is 312 Å². The van der Waals surface area contributed by atoms with Crippen LogP contribution in [0.2, 0.25) is 0 Å². The predicted octanol–water partition coefficient (Wildman–Crippen LogP) is 0.880. The number of sulfonamides is 1. The van der Waals surface area contributed by atoms with E-state index in [9.17, 15) is 27.6 Å². The van der Waals surface area contributed by atoms with E-state index in [-0.39, 0.29) is 76.9 Å². The molecule has 3 N–H and O–H groups in total. The highest BCUT2D eigenvalue weighted by atomic mass is 32.2. The molecule has 0 saturated carbocycles. The average molecular weight is 780 g/mol. The van der Waals surface area contributed by atoms with Crippen LogP contribution in [0.1, 0.15) is 37.7 Å². The van der Waals surface area contributed by atoms with Crippen LogP contribution in [-0.4, -0.2) is 152 Å². The van der Waals surface area contributed by atoms with Crippen molar-refractivity contribution >= 4 is 34.0 Å². The van der Waals surface area contributed by atoms with Gasteiger partial charge < -0.3 is 53.3 Å². The molecule has 2 amide bonds. The first kappa shape index (κ1) is 47.6. The van der Waals surface area contributed by atoms with Crippen molar-refractivity contribution in [2.75, 3.05) is 114 Å². The molecule has 0 heterocycles. The minimum absolute atomic E-state index is 0.00251. The molecular weight excluding hydrogens is 722 g/mol. The van der Waals surface area contributed by atoms with Crippen LogP contribution in [0.25, 0.3) is 0 Å². The second kappa shape index (κ2) is 29.0. The molecule has 0 aromatic heterocycles. The van der Waals surface area contributed by atoms with E-state index in [4.69, 9.17) is 28.4 Å². The van der Waals surface area contributed by atoms with Gasteiger partial charge in [-0.25, -0.2) is 17.9 Å². The Kier molecular flexibility index (Phi) is 26.0. The summed E-state index contributed by atoms with van der Waals surface area (Å²) in [5.74, 6) is -1.42. The van der Waals surface area contributed by atoms with Gasteiger partial charge in [0.1, 0.15) is 5.54 Å². The fourth-order valence-electron chi connectivity index (χ4n) is 4.19. The van der Waals surface area contributed by atoms with Gasteiger partial charge in [-0.05, 0) is 31.9 Å². The van der Waals surface area contributed by atoms with Crippen molar-refractivity contribution < 1.29 is 70.2 Å². The van der Waals surface area contributed by atoms with E-state index in [0.717, 1.165) is 5.56 Å². The van der Waals surface area contributed by atoms with E-state index in [1.807, 2.05) is 6.92 Å². The number of amides is 2. The highest BCUT2D eigenvalue weighted by Crippen LogP contribution is 2.12. The van der Waals surface area contributed by atoms with E-state index in [0.29, 0.717) is 52.5 Å². The maximum Gasteiger partial charge on any atom is 0.315 e. The Hall–Kier alpha value is -3.43. The van der Waals surface area contributed by atoms with Crippen LogP contribution in [-0.2, 0) is 67.0 Å². The Bertz CT molecular complexity index is 1220. The molecular formula is C34H57N3O15S. The third-order valence-corrected chi connectivity index (χ3v) is 8.61. The number of hydrogen-bond donors (Lipinski definition) is 3. The van der Waals surface area contributed by atoms with Crippen LogP contribution < -0.4 is 15.4 Å². The van der Waals surface area contributed by atoms with Gasteiger partial charge in [-0.1, -0.05) is 17.7 Å². The number of methoxy groups -OCH3 is 3. The first-order valence-electron chi connectivity index (χ1n) is 17.3. The van der Waals surface area contributed by atoms with Gasteiger partial charge in [0.15, 0.2) is 0 Å². The molecule has 304 valence electrons. The molecule has 0 aliphatic rings. The SMILES string of the molecule is COC(=O)CCOCC(COCCC(=O)OC)(COCCC(=O)OC)NC(=O)NCCCOCCOCCOCCCNS(=O)(=O)c1ccc(C)cc1. The van der Waals surface area contributed by atoms with Crippen LogP contribution in [0.3, 0.4) is 0 Å². The first-order valence-corrected chi connectivity index (χ1v) is 18.7. The zero-order valence-corrected chi connectivity index (χ0v) is 32.1. The van der Waals surface area contributed by atoms with Gasteiger partial charge in [-0.3, -0.25) is 14.4 Å². The quantitative estimate of drug-likeness (QED) is 0.0525. The topological polar surface area (TPSA) is 222 Å².